The SMILES string of the molecule is [C-]#[N+]c1ccc(OC2CC3CCC(C2)N3C(=O)c2ccc(N3CCN(CC4CCN(c5ccc6c(c5)C(=O)N(C5CCC(=O)NC5=O)C6=O)CC4)CC3)cc2)cc1Cl. The van der Waals surface area contributed by atoms with Crippen molar-refractivity contribution in [3.8, 4) is 5.75 Å². The minimum absolute atomic E-state index is 0.00535. The predicted molar refractivity (Wildman–Crippen MR) is 217 cm³/mol. The molecule has 5 amide bonds. The smallest absolute Gasteiger partial charge is 0.262 e. The van der Waals surface area contributed by atoms with Crippen molar-refractivity contribution >= 4 is 58.2 Å². The van der Waals surface area contributed by atoms with Gasteiger partial charge in [0.2, 0.25) is 17.5 Å². The fourth-order valence-corrected chi connectivity index (χ4v) is 10.2. The first-order valence-corrected chi connectivity index (χ1v) is 20.9. The first-order chi connectivity index (χ1) is 28.1. The summed E-state index contributed by atoms with van der Waals surface area (Å²) in [6.07, 6.45) is 5.81. The molecule has 0 aromatic heterocycles. The van der Waals surface area contributed by atoms with Crippen molar-refractivity contribution in [2.45, 2.75) is 75.6 Å². The molecule has 300 valence electrons. The third-order valence-electron chi connectivity index (χ3n) is 13.0. The van der Waals surface area contributed by atoms with Gasteiger partial charge in [0, 0.05) is 94.1 Å². The van der Waals surface area contributed by atoms with E-state index in [0.29, 0.717) is 33.5 Å². The average molecular weight is 804 g/mol. The number of carbonyl (C=O) groups excluding carboxylic acids is 5. The minimum atomic E-state index is -0.968. The highest BCUT2D eigenvalue weighted by Crippen LogP contribution is 2.40. The molecule has 2 bridgehead atoms. The summed E-state index contributed by atoms with van der Waals surface area (Å²) in [7, 11) is 0. The van der Waals surface area contributed by atoms with Crippen LogP contribution >= 0.6 is 11.6 Å². The summed E-state index contributed by atoms with van der Waals surface area (Å²) < 4.78 is 6.27. The van der Waals surface area contributed by atoms with Gasteiger partial charge in [0.15, 0.2) is 0 Å². The first kappa shape index (κ1) is 38.1. The summed E-state index contributed by atoms with van der Waals surface area (Å²) in [6.45, 7) is 13.8. The van der Waals surface area contributed by atoms with Crippen LogP contribution in [0.2, 0.25) is 5.02 Å². The quantitative estimate of drug-likeness (QED) is 0.231. The molecule has 3 atom stereocenters. The lowest BCUT2D eigenvalue weighted by atomic mass is 9.95. The van der Waals surface area contributed by atoms with Gasteiger partial charge in [0.1, 0.15) is 17.9 Å². The number of piperidine rings is 3. The zero-order valence-electron chi connectivity index (χ0n) is 32.3. The van der Waals surface area contributed by atoms with E-state index in [4.69, 9.17) is 22.9 Å². The molecule has 6 aliphatic rings. The number of hydrogen-bond acceptors (Lipinski definition) is 9. The van der Waals surface area contributed by atoms with Crippen molar-refractivity contribution in [3.05, 3.63) is 93.8 Å². The van der Waals surface area contributed by atoms with E-state index >= 15 is 0 Å². The maximum absolute atomic E-state index is 13.8. The molecule has 3 aromatic carbocycles. The molecule has 1 N–H and O–H groups in total. The van der Waals surface area contributed by atoms with Crippen LogP contribution in [0.25, 0.3) is 4.85 Å². The van der Waals surface area contributed by atoms with E-state index in [-0.39, 0.29) is 42.8 Å². The first-order valence-electron chi connectivity index (χ1n) is 20.5. The molecule has 13 nitrogen and oxygen atoms in total. The molecule has 5 fully saturated rings. The topological polar surface area (TPSA) is 127 Å². The maximum Gasteiger partial charge on any atom is 0.262 e. The zero-order chi connectivity index (χ0) is 40.1. The van der Waals surface area contributed by atoms with E-state index in [9.17, 15) is 24.0 Å². The minimum Gasteiger partial charge on any atom is -0.490 e. The highest BCUT2D eigenvalue weighted by Gasteiger charge is 2.46. The highest BCUT2D eigenvalue weighted by atomic mass is 35.5. The average Bonchev–Trinajstić information content (AvgIpc) is 3.65. The van der Waals surface area contributed by atoms with Crippen LogP contribution in [0.15, 0.2) is 60.7 Å². The molecule has 0 aliphatic carbocycles. The number of halogens is 1. The molecule has 58 heavy (non-hydrogen) atoms. The Kier molecular flexibility index (Phi) is 10.3. The molecule has 0 spiro atoms. The molecule has 0 saturated carbocycles. The van der Waals surface area contributed by atoms with Crippen molar-refractivity contribution < 1.29 is 28.7 Å². The van der Waals surface area contributed by atoms with Gasteiger partial charge >= 0.3 is 0 Å². The fourth-order valence-electron chi connectivity index (χ4n) is 9.95. The third kappa shape index (κ3) is 7.28. The van der Waals surface area contributed by atoms with Crippen molar-refractivity contribution in [2.75, 3.05) is 55.6 Å². The second kappa shape index (κ2) is 15.7. The Hall–Kier alpha value is -5.45. The summed E-state index contributed by atoms with van der Waals surface area (Å²) in [5, 5.41) is 2.64. The second-order valence-electron chi connectivity index (χ2n) is 16.5. The molecular formula is C44H46ClN7O6. The Balaban J connectivity index is 0.730. The number of carbonyl (C=O) groups is 5. The number of imide groups is 2. The van der Waals surface area contributed by atoms with Crippen LogP contribution in [-0.4, -0.2) is 114 Å². The number of nitrogens with zero attached hydrogens (tertiary/aromatic N) is 6. The number of ether oxygens (including phenoxy) is 1. The monoisotopic (exact) mass is 803 g/mol. The van der Waals surface area contributed by atoms with E-state index < -0.39 is 23.8 Å². The Morgan fingerprint density at radius 2 is 1.45 bits per heavy atom. The lowest BCUT2D eigenvalue weighted by molar-refractivity contribution is -0.136. The van der Waals surface area contributed by atoms with Crippen LogP contribution in [0, 0.1) is 12.5 Å². The summed E-state index contributed by atoms with van der Waals surface area (Å²) in [4.78, 5) is 78.1. The molecular weight excluding hydrogens is 758 g/mol. The molecule has 6 aliphatic heterocycles. The number of nitrogens with one attached hydrogen (secondary N) is 1. The summed E-state index contributed by atoms with van der Waals surface area (Å²) in [6, 6.07) is 18.0. The van der Waals surface area contributed by atoms with E-state index in [1.54, 1.807) is 30.3 Å². The standard InChI is InChI=1S/C44H46ClN7O6/c1-46-38-11-9-33(25-37(38)45)58-34-22-31-6-7-32(23-34)51(31)42(55)28-2-4-29(5-3-28)50-20-18-48(19-21-50)26-27-14-16-49(17-15-27)30-8-10-35-36(24-30)44(57)52(43(35)56)39-12-13-40(53)47-41(39)54/h2-5,8-11,24-25,27,31-32,34,39H,6-7,12-23,26H2,(H,47,53,54). The molecule has 14 heteroatoms. The molecule has 6 heterocycles. The normalized spacial score (nSPS) is 25.2. The van der Waals surface area contributed by atoms with Gasteiger partial charge in [0.25, 0.3) is 17.7 Å². The van der Waals surface area contributed by atoms with Gasteiger partial charge in [-0.1, -0.05) is 17.7 Å². The Morgan fingerprint density at radius 3 is 2.12 bits per heavy atom. The molecule has 3 aromatic rings. The van der Waals surface area contributed by atoms with Crippen LogP contribution in [0.5, 0.6) is 5.75 Å². The van der Waals surface area contributed by atoms with Crippen LogP contribution in [0.1, 0.15) is 82.4 Å². The van der Waals surface area contributed by atoms with Gasteiger partial charge in [-0.3, -0.25) is 39.1 Å². The fraction of sp³-hybridized carbons (Fsp3) is 0.455. The molecule has 0 radical (unpaired) electrons. The highest BCUT2D eigenvalue weighted by molar-refractivity contribution is 6.33. The lowest BCUT2D eigenvalue weighted by Crippen LogP contribution is -2.54. The van der Waals surface area contributed by atoms with Gasteiger partial charge in [-0.25, -0.2) is 4.85 Å². The number of rotatable bonds is 8. The summed E-state index contributed by atoms with van der Waals surface area (Å²) in [5.74, 6) is -0.632. The summed E-state index contributed by atoms with van der Waals surface area (Å²) in [5.41, 5.74) is 3.79. The van der Waals surface area contributed by atoms with E-state index in [2.05, 4.69) is 41.9 Å². The molecule has 9 rings (SSSR count). The number of anilines is 2. The van der Waals surface area contributed by atoms with Crippen molar-refractivity contribution in [1.29, 1.82) is 0 Å². The Bertz CT molecular complexity index is 2180. The molecule has 5 saturated heterocycles. The van der Waals surface area contributed by atoms with Crippen LogP contribution < -0.4 is 19.9 Å². The number of fused-ring (bicyclic) bond motifs is 3. The number of piperazine rings is 1. The largest absolute Gasteiger partial charge is 0.490 e. The van der Waals surface area contributed by atoms with Crippen molar-refractivity contribution in [1.82, 2.24) is 20.0 Å². The van der Waals surface area contributed by atoms with Gasteiger partial charge in [-0.15, -0.1) is 0 Å². The van der Waals surface area contributed by atoms with E-state index in [0.717, 1.165) is 106 Å². The van der Waals surface area contributed by atoms with Gasteiger partial charge in [0.05, 0.1) is 22.7 Å². The van der Waals surface area contributed by atoms with E-state index in [1.807, 2.05) is 18.2 Å². The Labute approximate surface area is 342 Å². The third-order valence-corrected chi connectivity index (χ3v) is 13.3. The van der Waals surface area contributed by atoms with Crippen LogP contribution in [-0.2, 0) is 9.59 Å². The number of benzene rings is 3. The van der Waals surface area contributed by atoms with E-state index in [1.165, 1.54) is 0 Å². The van der Waals surface area contributed by atoms with Crippen molar-refractivity contribution in [2.24, 2.45) is 5.92 Å². The zero-order valence-corrected chi connectivity index (χ0v) is 33.0. The van der Waals surface area contributed by atoms with Crippen LogP contribution in [0.3, 0.4) is 0 Å². The van der Waals surface area contributed by atoms with Crippen LogP contribution in [0.4, 0.5) is 17.1 Å². The number of hydrogen-bond donors (Lipinski definition) is 1. The molecule has 3 unspecified atom stereocenters. The number of amides is 5. The Morgan fingerprint density at radius 1 is 0.776 bits per heavy atom. The lowest BCUT2D eigenvalue weighted by Gasteiger charge is -2.40. The maximum atomic E-state index is 13.8. The summed E-state index contributed by atoms with van der Waals surface area (Å²) >= 11 is 6.23. The second-order valence-corrected chi connectivity index (χ2v) is 16.9. The van der Waals surface area contributed by atoms with Gasteiger partial charge in [-0.05, 0) is 92.6 Å². The van der Waals surface area contributed by atoms with Gasteiger partial charge < -0.3 is 19.4 Å². The predicted octanol–water partition coefficient (Wildman–Crippen LogP) is 5.55. The van der Waals surface area contributed by atoms with Gasteiger partial charge in [-0.2, -0.15) is 0 Å². The van der Waals surface area contributed by atoms with Crippen molar-refractivity contribution in [3.63, 3.8) is 0 Å².